The summed E-state index contributed by atoms with van der Waals surface area (Å²) in [5.41, 5.74) is 9.82. The lowest BCUT2D eigenvalue weighted by molar-refractivity contribution is 0.569. The van der Waals surface area contributed by atoms with Crippen molar-refractivity contribution in [2.45, 2.75) is 39.5 Å². The van der Waals surface area contributed by atoms with E-state index in [1.54, 1.807) is 0 Å². The molecule has 0 amide bonds. The molecule has 1 aromatic heterocycles. The Kier molecular flexibility index (Phi) is 5.14. The molecular formula is C18H26N4. The average Bonchev–Trinajstić information content (AvgIpc) is 2.47. The quantitative estimate of drug-likeness (QED) is 0.829. The predicted molar refractivity (Wildman–Crippen MR) is 93.1 cm³/mol. The van der Waals surface area contributed by atoms with Crippen molar-refractivity contribution in [1.29, 1.82) is 0 Å². The second-order valence-electron chi connectivity index (χ2n) is 6.59. The molecule has 0 spiro atoms. The van der Waals surface area contributed by atoms with Gasteiger partial charge in [0.05, 0.1) is 17.6 Å². The highest BCUT2D eigenvalue weighted by atomic mass is 15.0. The van der Waals surface area contributed by atoms with Gasteiger partial charge in [-0.25, -0.2) is 9.97 Å². The van der Waals surface area contributed by atoms with Crippen LogP contribution >= 0.6 is 0 Å². The Labute approximate surface area is 133 Å². The zero-order chi connectivity index (χ0) is 16.2. The van der Waals surface area contributed by atoms with Crippen molar-refractivity contribution in [2.75, 3.05) is 18.4 Å². The lowest BCUT2D eigenvalue weighted by Crippen LogP contribution is -2.19. The molecule has 0 aliphatic carbocycles. The Morgan fingerprint density at radius 3 is 2.55 bits per heavy atom. The van der Waals surface area contributed by atoms with Gasteiger partial charge in [0.15, 0.2) is 5.82 Å². The Hall–Kier alpha value is -1.94. The smallest absolute Gasteiger partial charge is 0.159 e. The first-order valence-electron chi connectivity index (χ1n) is 7.81. The van der Waals surface area contributed by atoms with Gasteiger partial charge in [-0.1, -0.05) is 45.0 Å². The summed E-state index contributed by atoms with van der Waals surface area (Å²) in [6.45, 7) is 10.1. The van der Waals surface area contributed by atoms with Gasteiger partial charge in [0.1, 0.15) is 0 Å². The zero-order valence-corrected chi connectivity index (χ0v) is 14.0. The van der Waals surface area contributed by atoms with Crippen LogP contribution in [0, 0.1) is 6.92 Å². The summed E-state index contributed by atoms with van der Waals surface area (Å²) >= 11 is 0. The van der Waals surface area contributed by atoms with Crippen molar-refractivity contribution in [3.63, 3.8) is 0 Å². The molecular weight excluding hydrogens is 272 g/mol. The van der Waals surface area contributed by atoms with E-state index >= 15 is 0 Å². The van der Waals surface area contributed by atoms with Crippen molar-refractivity contribution in [1.82, 2.24) is 9.97 Å². The molecule has 3 N–H and O–H groups in total. The molecule has 0 fully saturated rings. The van der Waals surface area contributed by atoms with Crippen LogP contribution in [-0.2, 0) is 5.41 Å². The van der Waals surface area contributed by atoms with Crippen molar-refractivity contribution < 1.29 is 0 Å². The molecule has 1 heterocycles. The summed E-state index contributed by atoms with van der Waals surface area (Å²) in [6.07, 6.45) is 2.83. The summed E-state index contributed by atoms with van der Waals surface area (Å²) in [5, 5.41) is 3.41. The molecule has 0 aliphatic heterocycles. The monoisotopic (exact) mass is 298 g/mol. The number of rotatable bonds is 5. The van der Waals surface area contributed by atoms with Gasteiger partial charge in [-0.15, -0.1) is 0 Å². The molecule has 2 aromatic rings. The lowest BCUT2D eigenvalue weighted by atomic mass is 9.90. The van der Waals surface area contributed by atoms with Crippen LogP contribution in [0.4, 0.5) is 5.69 Å². The third-order valence-corrected chi connectivity index (χ3v) is 3.58. The fraction of sp³-hybridized carbons (Fsp3) is 0.444. The van der Waals surface area contributed by atoms with Crippen molar-refractivity contribution >= 4 is 5.69 Å². The highest BCUT2D eigenvalue weighted by Crippen LogP contribution is 2.30. The van der Waals surface area contributed by atoms with Crippen LogP contribution in [0.25, 0.3) is 11.4 Å². The molecule has 22 heavy (non-hydrogen) atoms. The molecule has 0 aliphatic rings. The summed E-state index contributed by atoms with van der Waals surface area (Å²) < 4.78 is 0. The van der Waals surface area contributed by atoms with Gasteiger partial charge in [0, 0.05) is 17.5 Å². The number of nitrogens with two attached hydrogens (primary N) is 1. The number of nitrogens with zero attached hydrogens (tertiary/aromatic N) is 2. The molecule has 4 nitrogen and oxygen atoms in total. The van der Waals surface area contributed by atoms with Crippen molar-refractivity contribution in [3.05, 3.63) is 41.7 Å². The highest BCUT2D eigenvalue weighted by Gasteiger charge is 2.21. The van der Waals surface area contributed by atoms with E-state index in [0.29, 0.717) is 6.54 Å². The maximum atomic E-state index is 5.56. The fourth-order valence-electron chi connectivity index (χ4n) is 2.36. The number of aryl methyl sites for hydroxylation is 1. The van der Waals surface area contributed by atoms with Crippen LogP contribution in [0.3, 0.4) is 0 Å². The second kappa shape index (κ2) is 6.88. The maximum absolute atomic E-state index is 5.56. The van der Waals surface area contributed by atoms with E-state index in [0.717, 1.165) is 35.7 Å². The van der Waals surface area contributed by atoms with Gasteiger partial charge in [-0.2, -0.15) is 0 Å². The maximum Gasteiger partial charge on any atom is 0.159 e. The third-order valence-electron chi connectivity index (χ3n) is 3.58. The van der Waals surface area contributed by atoms with Crippen molar-refractivity contribution in [2.24, 2.45) is 5.73 Å². The molecule has 0 unspecified atom stereocenters. The van der Waals surface area contributed by atoms with Gasteiger partial charge in [0.2, 0.25) is 0 Å². The number of aromatic nitrogens is 2. The number of hydrogen-bond acceptors (Lipinski definition) is 4. The second-order valence-corrected chi connectivity index (χ2v) is 6.59. The molecule has 118 valence electrons. The largest absolute Gasteiger partial charge is 0.382 e. The number of benzene rings is 1. The standard InChI is InChI=1S/C18H26N4/c1-13-8-5-6-9-14(13)17-21-12-15(20-11-7-10-19)16(22-17)18(2,3)4/h5-6,8-9,12,20H,7,10-11,19H2,1-4H3. The SMILES string of the molecule is Cc1ccccc1-c1ncc(NCCCN)c(C(C)(C)C)n1. The summed E-state index contributed by atoms with van der Waals surface area (Å²) in [6, 6.07) is 8.21. The van der Waals surface area contributed by atoms with Crippen LogP contribution in [-0.4, -0.2) is 23.1 Å². The van der Waals surface area contributed by atoms with Gasteiger partial charge in [-0.3, -0.25) is 0 Å². The molecule has 0 atom stereocenters. The van der Waals surface area contributed by atoms with E-state index in [1.807, 2.05) is 18.3 Å². The van der Waals surface area contributed by atoms with E-state index in [1.165, 1.54) is 5.56 Å². The minimum atomic E-state index is -0.0502. The van der Waals surface area contributed by atoms with Crippen molar-refractivity contribution in [3.8, 4) is 11.4 Å². The Morgan fingerprint density at radius 1 is 1.18 bits per heavy atom. The average molecular weight is 298 g/mol. The predicted octanol–water partition coefficient (Wildman–Crippen LogP) is 3.51. The number of nitrogens with one attached hydrogen (secondary N) is 1. The molecule has 0 radical (unpaired) electrons. The van der Waals surface area contributed by atoms with Gasteiger partial charge < -0.3 is 11.1 Å². The summed E-state index contributed by atoms with van der Waals surface area (Å²) in [4.78, 5) is 9.41. The van der Waals surface area contributed by atoms with E-state index in [2.05, 4.69) is 50.1 Å². The zero-order valence-electron chi connectivity index (χ0n) is 14.0. The van der Waals surface area contributed by atoms with E-state index < -0.39 is 0 Å². The van der Waals surface area contributed by atoms with Crippen LogP contribution in [0.15, 0.2) is 30.5 Å². The normalized spacial score (nSPS) is 11.5. The first-order chi connectivity index (χ1) is 10.4. The minimum absolute atomic E-state index is 0.0502. The first kappa shape index (κ1) is 16.4. The molecule has 4 heteroatoms. The highest BCUT2D eigenvalue weighted by molar-refractivity contribution is 5.62. The van der Waals surface area contributed by atoms with E-state index in [9.17, 15) is 0 Å². The van der Waals surface area contributed by atoms with E-state index in [4.69, 9.17) is 10.7 Å². The van der Waals surface area contributed by atoms with Gasteiger partial charge in [-0.05, 0) is 25.5 Å². The summed E-state index contributed by atoms with van der Waals surface area (Å²) in [5.74, 6) is 0.785. The van der Waals surface area contributed by atoms with Crippen LogP contribution in [0.5, 0.6) is 0 Å². The van der Waals surface area contributed by atoms with Crippen LogP contribution in [0.1, 0.15) is 38.4 Å². The summed E-state index contributed by atoms with van der Waals surface area (Å²) in [7, 11) is 0. The fourth-order valence-corrected chi connectivity index (χ4v) is 2.36. The Morgan fingerprint density at radius 2 is 1.91 bits per heavy atom. The van der Waals surface area contributed by atoms with Gasteiger partial charge in [0.25, 0.3) is 0 Å². The lowest BCUT2D eigenvalue weighted by Gasteiger charge is -2.22. The molecule has 2 rings (SSSR count). The number of anilines is 1. The molecule has 0 bridgehead atoms. The van der Waals surface area contributed by atoms with Gasteiger partial charge >= 0.3 is 0 Å². The molecule has 0 saturated carbocycles. The number of hydrogen-bond donors (Lipinski definition) is 2. The van der Waals surface area contributed by atoms with Crippen LogP contribution < -0.4 is 11.1 Å². The topological polar surface area (TPSA) is 63.8 Å². The minimum Gasteiger partial charge on any atom is -0.382 e. The third kappa shape index (κ3) is 3.83. The molecule has 0 saturated heterocycles. The van der Waals surface area contributed by atoms with E-state index in [-0.39, 0.29) is 5.41 Å². The molecule has 1 aromatic carbocycles. The Balaban J connectivity index is 2.42. The van der Waals surface area contributed by atoms with Crippen LogP contribution in [0.2, 0.25) is 0 Å². The first-order valence-corrected chi connectivity index (χ1v) is 7.81. The Bertz CT molecular complexity index is 629.